The number of alkyl halides is 1. The van der Waals surface area contributed by atoms with Gasteiger partial charge in [0, 0.05) is 10.7 Å². The van der Waals surface area contributed by atoms with Crippen LogP contribution in [0.15, 0.2) is 16.7 Å². The molecule has 3 nitrogen and oxygen atoms in total. The van der Waals surface area contributed by atoms with Crippen molar-refractivity contribution in [3.63, 3.8) is 0 Å². The lowest BCUT2D eigenvalue weighted by atomic mass is 10.1. The monoisotopic (exact) mass is 276 g/mol. The summed E-state index contributed by atoms with van der Waals surface area (Å²) in [7, 11) is 0. The van der Waals surface area contributed by atoms with Gasteiger partial charge in [0.1, 0.15) is 0 Å². The number of aromatic nitrogens is 1. The first kappa shape index (κ1) is 11.5. The summed E-state index contributed by atoms with van der Waals surface area (Å²) in [5, 5.41) is -0.186. The molecule has 1 unspecified atom stereocenters. The Hall–Kier alpha value is -0.610. The number of pyridine rings is 1. The number of amides is 1. The zero-order chi connectivity index (χ0) is 10.7. The van der Waals surface area contributed by atoms with Crippen LogP contribution in [0, 0.1) is 0 Å². The number of hydrogen-bond donors (Lipinski definition) is 1. The molecule has 1 aromatic rings. The predicted octanol–water partition coefficient (Wildman–Crippen LogP) is 2.17. The van der Waals surface area contributed by atoms with E-state index in [1.54, 1.807) is 6.20 Å². The van der Waals surface area contributed by atoms with Crippen molar-refractivity contribution in [1.82, 2.24) is 4.98 Å². The van der Waals surface area contributed by atoms with E-state index in [1.807, 2.05) is 13.0 Å². The molecule has 14 heavy (non-hydrogen) atoms. The van der Waals surface area contributed by atoms with Crippen molar-refractivity contribution in [3.8, 4) is 0 Å². The highest BCUT2D eigenvalue weighted by molar-refractivity contribution is 9.10. The maximum absolute atomic E-state index is 10.8. The minimum Gasteiger partial charge on any atom is -0.369 e. The lowest BCUT2D eigenvalue weighted by molar-refractivity contribution is -0.117. The highest BCUT2D eigenvalue weighted by atomic mass is 79.9. The molecule has 1 heterocycles. The fraction of sp³-hybridized carbons (Fsp3) is 0.333. The Morgan fingerprint density at radius 3 is 2.93 bits per heavy atom. The highest BCUT2D eigenvalue weighted by Gasteiger charge is 2.11. The Labute approximate surface area is 95.8 Å². The predicted molar refractivity (Wildman–Crippen MR) is 59.1 cm³/mol. The minimum atomic E-state index is -0.404. The number of hydrogen-bond acceptors (Lipinski definition) is 2. The van der Waals surface area contributed by atoms with Crippen LogP contribution in [0.25, 0.3) is 0 Å². The fourth-order valence-electron chi connectivity index (χ4n) is 1.14. The van der Waals surface area contributed by atoms with Crippen LogP contribution in [0.3, 0.4) is 0 Å². The van der Waals surface area contributed by atoms with E-state index in [0.717, 1.165) is 10.0 Å². The molecule has 0 saturated carbocycles. The zero-order valence-electron chi connectivity index (χ0n) is 7.63. The standard InChI is InChI=1S/C9H10BrClN2O/c1-5(11)7-2-6(10)4-13-8(7)3-9(12)14/h2,4-5H,3H2,1H3,(H2,12,14). The number of nitrogens with zero attached hydrogens (tertiary/aromatic N) is 1. The average Bonchev–Trinajstić information content (AvgIpc) is 2.07. The Kier molecular flexibility index (Phi) is 3.89. The van der Waals surface area contributed by atoms with Crippen LogP contribution in [0.1, 0.15) is 23.6 Å². The van der Waals surface area contributed by atoms with Crippen molar-refractivity contribution in [1.29, 1.82) is 0 Å². The van der Waals surface area contributed by atoms with E-state index in [2.05, 4.69) is 20.9 Å². The first-order valence-corrected chi connectivity index (χ1v) is 5.30. The lowest BCUT2D eigenvalue weighted by Gasteiger charge is -2.09. The molecule has 0 spiro atoms. The molecule has 0 radical (unpaired) electrons. The molecule has 1 rings (SSSR count). The number of carbonyl (C=O) groups excluding carboxylic acids is 1. The number of nitrogens with two attached hydrogens (primary N) is 1. The Bertz CT molecular complexity index is 355. The van der Waals surface area contributed by atoms with Gasteiger partial charge in [0.2, 0.25) is 5.91 Å². The number of primary amides is 1. The van der Waals surface area contributed by atoms with Gasteiger partial charge >= 0.3 is 0 Å². The van der Waals surface area contributed by atoms with E-state index in [4.69, 9.17) is 17.3 Å². The van der Waals surface area contributed by atoms with Crippen LogP contribution in [-0.4, -0.2) is 10.9 Å². The summed E-state index contributed by atoms with van der Waals surface area (Å²) in [5.74, 6) is -0.404. The molecule has 0 aromatic carbocycles. The van der Waals surface area contributed by atoms with Crippen LogP contribution in [-0.2, 0) is 11.2 Å². The first-order chi connectivity index (χ1) is 6.50. The fourth-order valence-corrected chi connectivity index (χ4v) is 1.68. The molecule has 0 aliphatic heterocycles. The Morgan fingerprint density at radius 1 is 1.79 bits per heavy atom. The van der Waals surface area contributed by atoms with E-state index >= 15 is 0 Å². The molecular weight excluding hydrogens is 267 g/mol. The maximum atomic E-state index is 10.8. The SMILES string of the molecule is CC(Cl)c1cc(Br)cnc1CC(N)=O. The van der Waals surface area contributed by atoms with Crippen molar-refractivity contribution in [2.45, 2.75) is 18.7 Å². The van der Waals surface area contributed by atoms with Crippen LogP contribution in [0.2, 0.25) is 0 Å². The van der Waals surface area contributed by atoms with Gasteiger partial charge in [-0.3, -0.25) is 9.78 Å². The second kappa shape index (κ2) is 4.75. The summed E-state index contributed by atoms with van der Waals surface area (Å²) < 4.78 is 0.841. The summed E-state index contributed by atoms with van der Waals surface area (Å²) >= 11 is 9.24. The summed E-state index contributed by atoms with van der Waals surface area (Å²) in [4.78, 5) is 14.9. The normalized spacial score (nSPS) is 12.5. The molecular formula is C9H10BrClN2O. The summed E-state index contributed by atoms with van der Waals surface area (Å²) in [6, 6.07) is 1.85. The van der Waals surface area contributed by atoms with Crippen molar-refractivity contribution < 1.29 is 4.79 Å². The van der Waals surface area contributed by atoms with Gasteiger partial charge in [-0.15, -0.1) is 11.6 Å². The smallest absolute Gasteiger partial charge is 0.223 e. The quantitative estimate of drug-likeness (QED) is 0.861. The molecule has 5 heteroatoms. The zero-order valence-corrected chi connectivity index (χ0v) is 9.97. The van der Waals surface area contributed by atoms with Crippen LogP contribution >= 0.6 is 27.5 Å². The number of halogens is 2. The molecule has 0 aliphatic rings. The van der Waals surface area contributed by atoms with Gasteiger partial charge in [-0.25, -0.2) is 0 Å². The topological polar surface area (TPSA) is 56.0 Å². The van der Waals surface area contributed by atoms with Gasteiger partial charge < -0.3 is 5.73 Å². The van der Waals surface area contributed by atoms with Crippen molar-refractivity contribution in [3.05, 3.63) is 28.0 Å². The van der Waals surface area contributed by atoms with E-state index in [0.29, 0.717) is 5.69 Å². The molecule has 1 atom stereocenters. The minimum absolute atomic E-state index is 0.125. The molecule has 1 amide bonds. The van der Waals surface area contributed by atoms with E-state index in [-0.39, 0.29) is 11.8 Å². The number of carbonyl (C=O) groups is 1. The maximum Gasteiger partial charge on any atom is 0.223 e. The third-order valence-corrected chi connectivity index (χ3v) is 2.41. The van der Waals surface area contributed by atoms with Crippen molar-refractivity contribution in [2.75, 3.05) is 0 Å². The van der Waals surface area contributed by atoms with E-state index < -0.39 is 5.91 Å². The second-order valence-corrected chi connectivity index (χ2v) is 4.52. The van der Waals surface area contributed by atoms with Gasteiger partial charge in [-0.1, -0.05) is 0 Å². The highest BCUT2D eigenvalue weighted by Crippen LogP contribution is 2.25. The second-order valence-electron chi connectivity index (χ2n) is 2.95. The van der Waals surface area contributed by atoms with Crippen molar-refractivity contribution >= 4 is 33.4 Å². The average molecular weight is 278 g/mol. The van der Waals surface area contributed by atoms with Gasteiger partial charge in [0.05, 0.1) is 17.5 Å². The largest absolute Gasteiger partial charge is 0.369 e. The summed E-state index contributed by atoms with van der Waals surface area (Å²) in [5.41, 5.74) is 6.57. The van der Waals surface area contributed by atoms with Crippen molar-refractivity contribution in [2.24, 2.45) is 5.73 Å². The van der Waals surface area contributed by atoms with Gasteiger partial charge in [0.15, 0.2) is 0 Å². The molecule has 76 valence electrons. The van der Waals surface area contributed by atoms with Gasteiger partial charge in [-0.05, 0) is 34.5 Å². The molecule has 0 aliphatic carbocycles. The Morgan fingerprint density at radius 2 is 2.43 bits per heavy atom. The summed E-state index contributed by atoms with van der Waals surface area (Å²) in [6.45, 7) is 1.83. The molecule has 0 saturated heterocycles. The van der Waals surface area contributed by atoms with Crippen LogP contribution < -0.4 is 5.73 Å². The third kappa shape index (κ3) is 2.96. The summed E-state index contributed by atoms with van der Waals surface area (Å²) in [6.07, 6.45) is 1.75. The van der Waals surface area contributed by atoms with E-state index in [1.165, 1.54) is 0 Å². The number of rotatable bonds is 3. The van der Waals surface area contributed by atoms with Crippen LogP contribution in [0.5, 0.6) is 0 Å². The lowest BCUT2D eigenvalue weighted by Crippen LogP contribution is -2.16. The molecule has 2 N–H and O–H groups in total. The first-order valence-electron chi connectivity index (χ1n) is 4.07. The molecule has 0 bridgehead atoms. The van der Waals surface area contributed by atoms with Gasteiger partial charge in [0.25, 0.3) is 0 Å². The third-order valence-electron chi connectivity index (χ3n) is 1.74. The van der Waals surface area contributed by atoms with E-state index in [9.17, 15) is 4.79 Å². The molecule has 1 aromatic heterocycles. The Balaban J connectivity index is 3.08. The molecule has 0 fully saturated rings. The van der Waals surface area contributed by atoms with Gasteiger partial charge in [-0.2, -0.15) is 0 Å². The van der Waals surface area contributed by atoms with Crippen LogP contribution in [0.4, 0.5) is 0 Å².